The van der Waals surface area contributed by atoms with Gasteiger partial charge in [-0.15, -0.1) is 0 Å². The largest absolute Gasteiger partial charge is 0.444 e. The van der Waals surface area contributed by atoms with Crippen molar-refractivity contribution in [2.24, 2.45) is 16.7 Å². The van der Waals surface area contributed by atoms with Crippen LogP contribution in [-0.4, -0.2) is 29.5 Å². The Morgan fingerprint density at radius 3 is 2.83 bits per heavy atom. The molecule has 3 saturated carbocycles. The third kappa shape index (κ3) is 1.77. The monoisotopic (exact) mass is 336 g/mol. The molecule has 1 aliphatic heterocycles. The first kappa shape index (κ1) is 14.5. The minimum atomic E-state index is -3.22. The summed E-state index contributed by atoms with van der Waals surface area (Å²) < 4.78 is 33.3. The lowest BCUT2D eigenvalue weighted by atomic mass is 9.69. The second-order valence-electron chi connectivity index (χ2n) is 8.60. The third-order valence-electron chi connectivity index (χ3n) is 7.38. The quantitative estimate of drug-likeness (QED) is 0.851. The molecule has 0 unspecified atom stereocenters. The van der Waals surface area contributed by atoms with Gasteiger partial charge >= 0.3 is 0 Å². The number of hydrogen-bond acceptors (Lipinski definition) is 4. The lowest BCUT2D eigenvalue weighted by molar-refractivity contribution is 0.109. The molecule has 2 heterocycles. The predicted molar refractivity (Wildman–Crippen MR) is 85.2 cm³/mol. The molecule has 0 amide bonds. The molecule has 4 fully saturated rings. The van der Waals surface area contributed by atoms with Gasteiger partial charge in [0.2, 0.25) is 15.9 Å². The number of sulfonamides is 1. The van der Waals surface area contributed by atoms with Gasteiger partial charge in [0.15, 0.2) is 0 Å². The number of hydrogen-bond donors (Lipinski definition) is 0. The van der Waals surface area contributed by atoms with Crippen LogP contribution in [0.1, 0.15) is 63.5 Å². The second-order valence-corrected chi connectivity index (χ2v) is 10.5. The maximum atomic E-state index is 12.9. The van der Waals surface area contributed by atoms with E-state index in [4.69, 9.17) is 4.42 Å². The van der Waals surface area contributed by atoms with E-state index in [1.807, 2.05) is 0 Å². The second kappa shape index (κ2) is 4.20. The maximum Gasteiger partial charge on any atom is 0.215 e. The normalized spacial score (nSPS) is 40.6. The van der Waals surface area contributed by atoms with E-state index in [-0.39, 0.29) is 16.9 Å². The van der Waals surface area contributed by atoms with Crippen molar-refractivity contribution in [1.29, 1.82) is 0 Å². The molecular formula is C17H24N2O3S. The number of nitrogens with zero attached hydrogens (tertiary/aromatic N) is 2. The van der Waals surface area contributed by atoms with Crippen LogP contribution in [0.4, 0.5) is 0 Å². The average molecular weight is 336 g/mol. The lowest BCUT2D eigenvalue weighted by Crippen LogP contribution is -2.41. The van der Waals surface area contributed by atoms with Crippen molar-refractivity contribution in [3.05, 3.63) is 17.8 Å². The number of oxazole rings is 1. The number of aromatic nitrogens is 1. The van der Waals surface area contributed by atoms with Crippen molar-refractivity contribution in [2.75, 3.05) is 5.75 Å². The van der Waals surface area contributed by atoms with E-state index in [0.29, 0.717) is 30.0 Å². The van der Waals surface area contributed by atoms with E-state index in [2.05, 4.69) is 18.8 Å². The van der Waals surface area contributed by atoms with Gasteiger partial charge in [0.1, 0.15) is 5.76 Å². The first-order valence-electron chi connectivity index (χ1n) is 8.78. The van der Waals surface area contributed by atoms with E-state index in [9.17, 15) is 8.42 Å². The van der Waals surface area contributed by atoms with Crippen LogP contribution in [0.3, 0.4) is 0 Å². The summed E-state index contributed by atoms with van der Waals surface area (Å²) in [4.78, 5) is 4.34. The molecule has 0 radical (unpaired) electrons. The molecule has 0 N–H and O–H groups in total. The number of rotatable bonds is 3. The highest BCUT2D eigenvalue weighted by atomic mass is 32.2. The van der Waals surface area contributed by atoms with Gasteiger partial charge in [0.05, 0.1) is 18.5 Å². The molecule has 126 valence electrons. The Morgan fingerprint density at radius 1 is 1.35 bits per heavy atom. The van der Waals surface area contributed by atoms with Crippen LogP contribution in [0.5, 0.6) is 0 Å². The van der Waals surface area contributed by atoms with E-state index >= 15 is 0 Å². The van der Waals surface area contributed by atoms with Crippen LogP contribution in [0.15, 0.2) is 10.6 Å². The van der Waals surface area contributed by atoms with E-state index < -0.39 is 10.0 Å². The fraction of sp³-hybridized carbons (Fsp3) is 0.824. The van der Waals surface area contributed by atoms with Gasteiger partial charge < -0.3 is 4.42 Å². The van der Waals surface area contributed by atoms with Gasteiger partial charge in [-0.3, -0.25) is 0 Å². The Bertz CT molecular complexity index is 765. The molecule has 5 rings (SSSR count). The van der Waals surface area contributed by atoms with Crippen LogP contribution >= 0.6 is 0 Å². The summed E-state index contributed by atoms with van der Waals surface area (Å²) in [7, 11) is -3.22. The van der Waals surface area contributed by atoms with Gasteiger partial charge in [-0.25, -0.2) is 13.4 Å². The fourth-order valence-electron chi connectivity index (χ4n) is 5.67. The Balaban J connectivity index is 1.48. The van der Waals surface area contributed by atoms with Crippen molar-refractivity contribution < 1.29 is 12.8 Å². The summed E-state index contributed by atoms with van der Waals surface area (Å²) >= 11 is 0. The van der Waals surface area contributed by atoms with Gasteiger partial charge in [0.25, 0.3) is 0 Å². The molecule has 3 atom stereocenters. The van der Waals surface area contributed by atoms with Crippen molar-refractivity contribution in [2.45, 2.75) is 64.5 Å². The van der Waals surface area contributed by atoms with Crippen molar-refractivity contribution in [3.8, 4) is 0 Å². The molecule has 6 heteroatoms. The summed E-state index contributed by atoms with van der Waals surface area (Å²) in [6, 6.07) is 0.137. The van der Waals surface area contributed by atoms with Crippen LogP contribution in [0.25, 0.3) is 0 Å². The van der Waals surface area contributed by atoms with E-state index in [1.54, 1.807) is 10.5 Å². The molecule has 1 aromatic heterocycles. The van der Waals surface area contributed by atoms with Crippen LogP contribution in [0, 0.1) is 16.7 Å². The van der Waals surface area contributed by atoms with E-state index in [1.165, 1.54) is 6.42 Å². The zero-order chi connectivity index (χ0) is 16.0. The summed E-state index contributed by atoms with van der Waals surface area (Å²) in [6.45, 7) is 4.87. The summed E-state index contributed by atoms with van der Waals surface area (Å²) in [5.41, 5.74) is 0.0532. The smallest absolute Gasteiger partial charge is 0.215 e. The molecule has 0 aromatic carbocycles. The highest BCUT2D eigenvalue weighted by Gasteiger charge is 2.71. The standard InChI is InChI=1S/C17H24N2O3S/c1-16(2)12-5-6-17(16)10-23(20,21)19(14(17)7-12)9-15-18-8-13(22-15)11-3-4-11/h8,11-12,14H,3-7,9-10H2,1-2H3/t12-,14-,17-/m1/s1. The maximum absolute atomic E-state index is 12.9. The first-order chi connectivity index (χ1) is 10.8. The molecule has 5 nitrogen and oxygen atoms in total. The topological polar surface area (TPSA) is 63.4 Å². The summed E-state index contributed by atoms with van der Waals surface area (Å²) in [5, 5.41) is 0. The Labute approximate surface area is 137 Å². The molecule has 2 bridgehead atoms. The molecule has 4 aliphatic rings. The Morgan fingerprint density at radius 2 is 2.13 bits per heavy atom. The fourth-order valence-corrected chi connectivity index (χ4v) is 8.18. The zero-order valence-corrected chi connectivity index (χ0v) is 14.6. The van der Waals surface area contributed by atoms with Crippen LogP contribution < -0.4 is 0 Å². The minimum Gasteiger partial charge on any atom is -0.444 e. The van der Waals surface area contributed by atoms with E-state index in [0.717, 1.165) is 31.4 Å². The van der Waals surface area contributed by atoms with Gasteiger partial charge in [-0.05, 0) is 43.4 Å². The van der Waals surface area contributed by atoms with Crippen molar-refractivity contribution >= 4 is 10.0 Å². The van der Waals surface area contributed by atoms with Crippen LogP contribution in [0.2, 0.25) is 0 Å². The average Bonchev–Trinajstić information content (AvgIpc) is 3.06. The highest BCUT2D eigenvalue weighted by Crippen LogP contribution is 2.70. The highest BCUT2D eigenvalue weighted by molar-refractivity contribution is 7.89. The van der Waals surface area contributed by atoms with Gasteiger partial charge in [0, 0.05) is 17.4 Å². The lowest BCUT2D eigenvalue weighted by Gasteiger charge is -2.37. The SMILES string of the molecule is CC1(C)[C@@H]2CC[C@]13CS(=O)(=O)N(Cc1ncc(C4CC4)o1)[C@@H]3C2. The molecular weight excluding hydrogens is 312 g/mol. The van der Waals surface area contributed by atoms with Gasteiger partial charge in [-0.1, -0.05) is 13.8 Å². The van der Waals surface area contributed by atoms with Crippen molar-refractivity contribution in [3.63, 3.8) is 0 Å². The molecule has 1 spiro atoms. The number of fused-ring (bicyclic) bond motifs is 1. The third-order valence-corrected chi connectivity index (χ3v) is 9.35. The molecule has 23 heavy (non-hydrogen) atoms. The summed E-state index contributed by atoms with van der Waals surface area (Å²) in [5.74, 6) is 2.97. The predicted octanol–water partition coefficient (Wildman–Crippen LogP) is 2.89. The minimum absolute atomic E-state index is 0.0670. The van der Waals surface area contributed by atoms with Crippen LogP contribution in [-0.2, 0) is 16.6 Å². The molecule has 1 aromatic rings. The van der Waals surface area contributed by atoms with Gasteiger partial charge in [-0.2, -0.15) is 4.31 Å². The Hall–Kier alpha value is -0.880. The first-order valence-corrected chi connectivity index (χ1v) is 10.4. The Kier molecular flexibility index (Phi) is 2.64. The summed E-state index contributed by atoms with van der Waals surface area (Å²) in [6.07, 6.45) is 7.34. The zero-order valence-electron chi connectivity index (χ0n) is 13.8. The molecule has 1 saturated heterocycles. The molecule has 3 aliphatic carbocycles. The van der Waals surface area contributed by atoms with Crippen molar-refractivity contribution in [1.82, 2.24) is 9.29 Å².